The second-order valence-corrected chi connectivity index (χ2v) is 2.66. The van der Waals surface area contributed by atoms with Gasteiger partial charge in [-0.15, -0.1) is 5.16 Å². The van der Waals surface area contributed by atoms with Crippen molar-refractivity contribution < 1.29 is 5.21 Å². The third-order valence-corrected chi connectivity index (χ3v) is 1.87. The van der Waals surface area contributed by atoms with Gasteiger partial charge in [0.25, 0.3) is 0 Å². The van der Waals surface area contributed by atoms with Crippen LogP contribution < -0.4 is 0 Å². The Bertz CT molecular complexity index is 108. The quantitative estimate of drug-likeness (QED) is 0.354. The van der Waals surface area contributed by atoms with E-state index in [9.17, 15) is 0 Å². The number of rotatable bonds is 2. The minimum absolute atomic E-state index is 0.802. The van der Waals surface area contributed by atoms with E-state index in [0.29, 0.717) is 0 Å². The van der Waals surface area contributed by atoms with Crippen LogP contribution in [0.4, 0.5) is 0 Å². The summed E-state index contributed by atoms with van der Waals surface area (Å²) in [5.74, 6) is 0. The van der Waals surface area contributed by atoms with E-state index in [1.807, 2.05) is 0 Å². The highest BCUT2D eigenvalue weighted by Gasteiger charge is 2.07. The van der Waals surface area contributed by atoms with Gasteiger partial charge in [0.15, 0.2) is 0 Å². The predicted molar refractivity (Wildman–Crippen MR) is 40.6 cm³/mol. The molecule has 1 heterocycles. The van der Waals surface area contributed by atoms with Gasteiger partial charge in [-0.25, -0.2) is 0 Å². The highest BCUT2D eigenvalue weighted by Crippen LogP contribution is 2.06. The lowest BCUT2D eigenvalue weighted by Crippen LogP contribution is -2.31. The predicted octanol–water partition coefficient (Wildman–Crippen LogP) is 0.932. The van der Waals surface area contributed by atoms with Gasteiger partial charge in [0.05, 0.1) is 6.21 Å². The van der Waals surface area contributed by atoms with Crippen molar-refractivity contribution in [2.45, 2.75) is 19.3 Å². The summed E-state index contributed by atoms with van der Waals surface area (Å²) in [4.78, 5) is 2.29. The molecule has 1 aliphatic heterocycles. The van der Waals surface area contributed by atoms with Crippen LogP contribution in [-0.4, -0.2) is 36.0 Å². The van der Waals surface area contributed by atoms with Crippen LogP contribution in [0.15, 0.2) is 5.16 Å². The molecule has 3 nitrogen and oxygen atoms in total. The molecule has 0 spiro atoms. The SMILES string of the molecule is ON=CCN1CCCCC1. The van der Waals surface area contributed by atoms with E-state index in [1.54, 1.807) is 6.21 Å². The fraction of sp³-hybridized carbons (Fsp3) is 0.857. The Labute approximate surface area is 61.3 Å². The van der Waals surface area contributed by atoms with Crippen LogP contribution in [0.3, 0.4) is 0 Å². The number of nitrogens with zero attached hydrogens (tertiary/aromatic N) is 2. The van der Waals surface area contributed by atoms with Crippen molar-refractivity contribution in [3.05, 3.63) is 0 Å². The van der Waals surface area contributed by atoms with Crippen molar-refractivity contribution in [1.82, 2.24) is 4.90 Å². The molecule has 0 saturated carbocycles. The van der Waals surface area contributed by atoms with Gasteiger partial charge in [-0.05, 0) is 25.9 Å². The maximum absolute atomic E-state index is 8.14. The molecule has 0 amide bonds. The lowest BCUT2D eigenvalue weighted by atomic mass is 10.1. The second-order valence-electron chi connectivity index (χ2n) is 2.66. The number of likely N-dealkylation sites (tertiary alicyclic amines) is 1. The topological polar surface area (TPSA) is 35.8 Å². The summed E-state index contributed by atoms with van der Waals surface area (Å²) >= 11 is 0. The molecule has 0 aromatic rings. The summed E-state index contributed by atoms with van der Waals surface area (Å²) in [7, 11) is 0. The number of hydrogen-bond donors (Lipinski definition) is 1. The Morgan fingerprint density at radius 2 is 2.00 bits per heavy atom. The van der Waals surface area contributed by atoms with Crippen LogP contribution in [0, 0.1) is 0 Å². The molecule has 0 aromatic heterocycles. The van der Waals surface area contributed by atoms with Crippen LogP contribution in [0.1, 0.15) is 19.3 Å². The lowest BCUT2D eigenvalue weighted by molar-refractivity contribution is 0.255. The van der Waals surface area contributed by atoms with Crippen molar-refractivity contribution in [3.8, 4) is 0 Å². The van der Waals surface area contributed by atoms with Crippen molar-refractivity contribution in [2.75, 3.05) is 19.6 Å². The average molecular weight is 142 g/mol. The standard InChI is InChI=1S/C7H14N2O/c10-8-4-7-9-5-2-1-3-6-9/h4,10H,1-3,5-7H2. The maximum atomic E-state index is 8.14. The molecule has 58 valence electrons. The summed E-state index contributed by atoms with van der Waals surface area (Å²) in [6.45, 7) is 3.12. The number of oxime groups is 1. The molecule has 0 unspecified atom stereocenters. The Morgan fingerprint density at radius 3 is 2.60 bits per heavy atom. The monoisotopic (exact) mass is 142 g/mol. The van der Waals surface area contributed by atoms with Gasteiger partial charge in [0.2, 0.25) is 0 Å². The molecule has 10 heavy (non-hydrogen) atoms. The van der Waals surface area contributed by atoms with Crippen LogP contribution in [0.2, 0.25) is 0 Å². The molecule has 0 atom stereocenters. The molecular formula is C7H14N2O. The normalized spacial score (nSPS) is 22.0. The van der Waals surface area contributed by atoms with Gasteiger partial charge >= 0.3 is 0 Å². The van der Waals surface area contributed by atoms with Gasteiger partial charge in [-0.2, -0.15) is 0 Å². The molecule has 0 bridgehead atoms. The second kappa shape index (κ2) is 4.28. The summed E-state index contributed by atoms with van der Waals surface area (Å²) < 4.78 is 0. The first-order valence-electron chi connectivity index (χ1n) is 3.82. The Kier molecular flexibility index (Phi) is 3.22. The molecule has 1 N–H and O–H groups in total. The van der Waals surface area contributed by atoms with E-state index in [1.165, 1.54) is 19.3 Å². The van der Waals surface area contributed by atoms with Gasteiger partial charge in [-0.1, -0.05) is 6.42 Å². The van der Waals surface area contributed by atoms with Crippen molar-refractivity contribution in [2.24, 2.45) is 5.16 Å². The zero-order chi connectivity index (χ0) is 7.23. The summed E-state index contributed by atoms with van der Waals surface area (Å²) in [6, 6.07) is 0. The van der Waals surface area contributed by atoms with E-state index in [0.717, 1.165) is 19.6 Å². The molecule has 0 radical (unpaired) electrons. The third-order valence-electron chi connectivity index (χ3n) is 1.87. The summed E-state index contributed by atoms with van der Waals surface area (Å²) in [6.07, 6.45) is 5.48. The smallest absolute Gasteiger partial charge is 0.0576 e. The van der Waals surface area contributed by atoms with Crippen LogP contribution in [0.25, 0.3) is 0 Å². The van der Waals surface area contributed by atoms with Crippen LogP contribution in [-0.2, 0) is 0 Å². The van der Waals surface area contributed by atoms with Crippen molar-refractivity contribution in [1.29, 1.82) is 0 Å². The fourth-order valence-corrected chi connectivity index (χ4v) is 1.29. The molecule has 1 rings (SSSR count). The van der Waals surface area contributed by atoms with E-state index >= 15 is 0 Å². The fourth-order valence-electron chi connectivity index (χ4n) is 1.29. The zero-order valence-corrected chi connectivity index (χ0v) is 6.16. The molecular weight excluding hydrogens is 128 g/mol. The van der Waals surface area contributed by atoms with Crippen molar-refractivity contribution in [3.63, 3.8) is 0 Å². The first kappa shape index (κ1) is 7.54. The Hall–Kier alpha value is -0.570. The molecule has 1 saturated heterocycles. The summed E-state index contributed by atoms with van der Waals surface area (Å²) in [5.41, 5.74) is 0. The average Bonchev–Trinajstić information content (AvgIpc) is 2.03. The van der Waals surface area contributed by atoms with Gasteiger partial charge in [0, 0.05) is 6.54 Å². The zero-order valence-electron chi connectivity index (χ0n) is 6.16. The highest BCUT2D eigenvalue weighted by atomic mass is 16.4. The highest BCUT2D eigenvalue weighted by molar-refractivity contribution is 5.58. The number of piperidine rings is 1. The first-order valence-corrected chi connectivity index (χ1v) is 3.82. The van der Waals surface area contributed by atoms with E-state index in [4.69, 9.17) is 5.21 Å². The minimum Gasteiger partial charge on any atom is -0.411 e. The van der Waals surface area contributed by atoms with E-state index in [2.05, 4.69) is 10.1 Å². The molecule has 1 fully saturated rings. The molecule has 3 heteroatoms. The van der Waals surface area contributed by atoms with Gasteiger partial charge in [0.1, 0.15) is 0 Å². The van der Waals surface area contributed by atoms with Crippen molar-refractivity contribution >= 4 is 6.21 Å². The van der Waals surface area contributed by atoms with Crippen LogP contribution in [0.5, 0.6) is 0 Å². The Morgan fingerprint density at radius 1 is 1.30 bits per heavy atom. The molecule has 0 aromatic carbocycles. The number of hydrogen-bond acceptors (Lipinski definition) is 3. The van der Waals surface area contributed by atoms with E-state index < -0.39 is 0 Å². The lowest BCUT2D eigenvalue weighted by Gasteiger charge is -2.24. The molecule has 1 aliphatic rings. The van der Waals surface area contributed by atoms with Gasteiger partial charge < -0.3 is 5.21 Å². The van der Waals surface area contributed by atoms with Crippen LogP contribution >= 0.6 is 0 Å². The largest absolute Gasteiger partial charge is 0.411 e. The molecule has 0 aliphatic carbocycles. The first-order chi connectivity index (χ1) is 4.93. The maximum Gasteiger partial charge on any atom is 0.0576 e. The van der Waals surface area contributed by atoms with E-state index in [-0.39, 0.29) is 0 Å². The third kappa shape index (κ3) is 2.35. The minimum atomic E-state index is 0.802. The Balaban J connectivity index is 2.13. The summed E-state index contributed by atoms with van der Waals surface area (Å²) in [5, 5.41) is 11.1. The van der Waals surface area contributed by atoms with Gasteiger partial charge in [-0.3, -0.25) is 4.90 Å².